The van der Waals surface area contributed by atoms with Gasteiger partial charge in [-0.2, -0.15) is 0 Å². The molecule has 0 heterocycles. The van der Waals surface area contributed by atoms with Gasteiger partial charge in [0, 0.05) is 51.2 Å². The molecule has 0 fully saturated rings. The number of hydrogen-bond donors (Lipinski definition) is 0. The quantitative estimate of drug-likeness (QED) is 0.488. The Morgan fingerprint density at radius 3 is 0.182 bits per heavy atom. The van der Waals surface area contributed by atoms with Crippen molar-refractivity contribution in [2.45, 2.75) is 0 Å². The van der Waals surface area contributed by atoms with E-state index in [4.69, 9.17) is 0 Å². The normalized spacial score (nSPS) is 0. The van der Waals surface area contributed by atoms with Gasteiger partial charge in [-0.3, -0.25) is 0 Å². The van der Waals surface area contributed by atoms with E-state index in [9.17, 15) is 0 Å². The van der Waals surface area contributed by atoms with E-state index >= 15 is 0 Å². The van der Waals surface area contributed by atoms with E-state index in [1.807, 2.05) is 0 Å². The maximum atomic E-state index is 0. The molecule has 0 saturated carbocycles. The Hall–Kier alpha value is 3.88. The molecule has 0 aromatic heterocycles. The molecule has 0 radical (unpaired) electrons. The van der Waals surface area contributed by atoms with Crippen molar-refractivity contribution in [3.05, 3.63) is 0 Å². The van der Waals surface area contributed by atoms with Gasteiger partial charge in [-0.1, -0.05) is 0 Å². The van der Waals surface area contributed by atoms with Crippen molar-refractivity contribution >= 4 is 99.3 Å². The van der Waals surface area contributed by atoms with Gasteiger partial charge < -0.3 is 0 Å². The molecular formula is H8Cl8Fe3. The Balaban J connectivity index is 0. The molecule has 0 aliphatic rings. The summed E-state index contributed by atoms with van der Waals surface area (Å²) in [7, 11) is 0. The van der Waals surface area contributed by atoms with Crippen LogP contribution in [0.4, 0.5) is 0 Å². The van der Waals surface area contributed by atoms with Crippen LogP contribution in [0.2, 0.25) is 0 Å². The van der Waals surface area contributed by atoms with Gasteiger partial charge in [-0.15, -0.1) is 99.3 Å². The molecule has 0 aliphatic heterocycles. The Labute approximate surface area is 148 Å². The minimum absolute atomic E-state index is 0. The molecule has 0 nitrogen and oxygen atoms in total. The van der Waals surface area contributed by atoms with Crippen molar-refractivity contribution in [2.75, 3.05) is 0 Å². The van der Waals surface area contributed by atoms with Gasteiger partial charge in [0.1, 0.15) is 0 Å². The predicted octanol–water partition coefficient (Wildman–Crippen LogP) is 3.37. The van der Waals surface area contributed by atoms with Crippen molar-refractivity contribution < 1.29 is 51.2 Å². The third-order valence-corrected chi connectivity index (χ3v) is 0. The van der Waals surface area contributed by atoms with Gasteiger partial charge in [-0.05, 0) is 0 Å². The van der Waals surface area contributed by atoms with Gasteiger partial charge in [0.15, 0.2) is 0 Å². The molecule has 0 saturated heterocycles. The van der Waals surface area contributed by atoms with Crippen molar-refractivity contribution in [1.29, 1.82) is 0 Å². The average molecular weight is 459 g/mol. The predicted molar refractivity (Wildman–Crippen MR) is 58.0 cm³/mol. The van der Waals surface area contributed by atoms with E-state index in [-0.39, 0.29) is 150 Å². The van der Waals surface area contributed by atoms with E-state index in [1.54, 1.807) is 0 Å². The first-order chi connectivity index (χ1) is 0. The third-order valence-electron chi connectivity index (χ3n) is 0. The molecule has 0 rings (SSSR count). The van der Waals surface area contributed by atoms with Gasteiger partial charge in [0.2, 0.25) is 0 Å². The smallest absolute Gasteiger partial charge is 0 e. The summed E-state index contributed by atoms with van der Waals surface area (Å²) in [4.78, 5) is 0. The summed E-state index contributed by atoms with van der Waals surface area (Å²) >= 11 is 0. The number of rotatable bonds is 0. The molecule has 11 heavy (non-hydrogen) atoms. The SMILES string of the molecule is Cl.Cl.Cl.Cl.Cl.Cl.Cl.Cl.[Fe].[Fe].[Fe]. The van der Waals surface area contributed by atoms with E-state index in [2.05, 4.69) is 0 Å². The summed E-state index contributed by atoms with van der Waals surface area (Å²) < 4.78 is 0. The van der Waals surface area contributed by atoms with Crippen LogP contribution in [0.1, 0.15) is 0 Å². The van der Waals surface area contributed by atoms with Gasteiger partial charge >= 0.3 is 0 Å². The zero-order chi connectivity index (χ0) is 0. The van der Waals surface area contributed by atoms with E-state index < -0.39 is 0 Å². The number of halogens is 8. The Morgan fingerprint density at radius 1 is 0.182 bits per heavy atom. The fourth-order valence-corrected chi connectivity index (χ4v) is 0. The standard InChI is InChI=1S/8ClH.3Fe/h8*1H;;;. The van der Waals surface area contributed by atoms with E-state index in [0.29, 0.717) is 0 Å². The minimum atomic E-state index is 0. The minimum Gasteiger partial charge on any atom is -0.147 e. The van der Waals surface area contributed by atoms with Gasteiger partial charge in [-0.25, -0.2) is 0 Å². The van der Waals surface area contributed by atoms with Crippen molar-refractivity contribution in [3.8, 4) is 0 Å². The van der Waals surface area contributed by atoms with Crippen LogP contribution in [-0.4, -0.2) is 0 Å². The molecule has 0 bridgehead atoms. The topological polar surface area (TPSA) is 0 Å². The largest absolute Gasteiger partial charge is 0.147 e. The number of hydrogen-bond acceptors (Lipinski definition) is 0. The molecule has 0 unspecified atom stereocenters. The Kier molecular flexibility index (Phi) is 2650. The van der Waals surface area contributed by atoms with Crippen molar-refractivity contribution in [2.24, 2.45) is 0 Å². The summed E-state index contributed by atoms with van der Waals surface area (Å²) in [6.07, 6.45) is 0. The molecule has 0 aromatic carbocycles. The van der Waals surface area contributed by atoms with Crippen LogP contribution in [0.25, 0.3) is 0 Å². The van der Waals surface area contributed by atoms with Crippen LogP contribution in [-0.2, 0) is 51.2 Å². The fourth-order valence-electron chi connectivity index (χ4n) is 0. The summed E-state index contributed by atoms with van der Waals surface area (Å²) in [5, 5.41) is 0. The summed E-state index contributed by atoms with van der Waals surface area (Å²) in [6, 6.07) is 0. The zero-order valence-corrected chi connectivity index (χ0v) is 14.2. The van der Waals surface area contributed by atoms with Gasteiger partial charge in [0.05, 0.1) is 0 Å². The first-order valence-electron chi connectivity index (χ1n) is 0. The zero-order valence-electron chi connectivity index (χ0n) is 4.33. The second-order valence-electron chi connectivity index (χ2n) is 0. The average Bonchev–Trinajstić information content (AvgIpc) is 0. The second-order valence-corrected chi connectivity index (χ2v) is 0. The van der Waals surface area contributed by atoms with Crippen LogP contribution in [0.3, 0.4) is 0 Å². The maximum Gasteiger partial charge on any atom is 0 e. The third kappa shape index (κ3) is 130. The van der Waals surface area contributed by atoms with Gasteiger partial charge in [0.25, 0.3) is 0 Å². The molecule has 0 amide bonds. The summed E-state index contributed by atoms with van der Waals surface area (Å²) in [5.41, 5.74) is 0. The fraction of sp³-hybridized carbons (Fsp3) is 0. The molecule has 0 aliphatic carbocycles. The van der Waals surface area contributed by atoms with Crippen LogP contribution in [0.15, 0.2) is 0 Å². The molecular weight excluding hydrogens is 451 g/mol. The van der Waals surface area contributed by atoms with Crippen LogP contribution < -0.4 is 0 Å². The second kappa shape index (κ2) is 153. The monoisotopic (exact) mass is 456 g/mol. The molecule has 0 N–H and O–H groups in total. The van der Waals surface area contributed by atoms with E-state index in [1.165, 1.54) is 0 Å². The van der Waals surface area contributed by atoms with Crippen molar-refractivity contribution in [1.82, 2.24) is 0 Å². The first-order valence-corrected chi connectivity index (χ1v) is 0. The van der Waals surface area contributed by atoms with Crippen molar-refractivity contribution in [3.63, 3.8) is 0 Å². The van der Waals surface area contributed by atoms with Crippen LogP contribution in [0, 0.1) is 0 Å². The molecule has 88 valence electrons. The Bertz CT molecular complexity index is 9.30. The van der Waals surface area contributed by atoms with Crippen LogP contribution in [0.5, 0.6) is 0 Å². The summed E-state index contributed by atoms with van der Waals surface area (Å²) in [5.74, 6) is 0. The van der Waals surface area contributed by atoms with E-state index in [0.717, 1.165) is 0 Å². The molecule has 0 aromatic rings. The molecule has 11 heteroatoms. The maximum absolute atomic E-state index is 0. The van der Waals surface area contributed by atoms with Crippen LogP contribution >= 0.6 is 99.3 Å². The Morgan fingerprint density at radius 2 is 0.182 bits per heavy atom. The first kappa shape index (κ1) is 191. The molecule has 0 spiro atoms. The molecule has 0 atom stereocenters. The summed E-state index contributed by atoms with van der Waals surface area (Å²) in [6.45, 7) is 0.